The fourth-order valence-electron chi connectivity index (χ4n) is 4.69. The molecule has 0 saturated carbocycles. The molecule has 1 aliphatic rings. The fraction of sp³-hybridized carbons (Fsp3) is 0.222. The highest BCUT2D eigenvalue weighted by Gasteiger charge is 2.35. The normalized spacial score (nSPS) is 15.4. The zero-order chi connectivity index (χ0) is 23.1. The summed E-state index contributed by atoms with van der Waals surface area (Å²) >= 11 is 6.30. The summed E-state index contributed by atoms with van der Waals surface area (Å²) in [5.41, 5.74) is 7.34. The zero-order valence-electron chi connectivity index (χ0n) is 18.9. The average molecular weight is 460 g/mol. The van der Waals surface area contributed by atoms with E-state index in [2.05, 4.69) is 10.3 Å². The third-order valence-corrected chi connectivity index (χ3v) is 6.86. The van der Waals surface area contributed by atoms with E-state index in [0.29, 0.717) is 11.6 Å². The molecule has 6 heteroatoms. The van der Waals surface area contributed by atoms with Crippen LogP contribution in [0.4, 0.5) is 10.5 Å². The van der Waals surface area contributed by atoms with Gasteiger partial charge in [0.1, 0.15) is 5.75 Å². The van der Waals surface area contributed by atoms with Crippen LogP contribution >= 0.6 is 11.6 Å². The summed E-state index contributed by atoms with van der Waals surface area (Å²) < 4.78 is 5.35. The van der Waals surface area contributed by atoms with E-state index in [1.54, 1.807) is 7.11 Å². The van der Waals surface area contributed by atoms with Crippen LogP contribution in [0.1, 0.15) is 34.0 Å². The molecule has 33 heavy (non-hydrogen) atoms. The highest BCUT2D eigenvalue weighted by atomic mass is 35.5. The molecule has 0 bridgehead atoms. The molecule has 0 unspecified atom stereocenters. The standard InChI is InChI=1S/C27H26ClN3O2/c1-16-5-4-6-23(17(16)2)30-27(32)31-14-13-21-22-15-19(28)9-12-24(22)29-25(21)26(31)18-7-10-20(33-3)11-8-18/h4-12,15,26,29H,13-14H2,1-3H3,(H,30,32)/t26-/m1/s1. The number of nitrogens with one attached hydrogen (secondary N) is 2. The Morgan fingerprint density at radius 3 is 2.67 bits per heavy atom. The SMILES string of the molecule is COc1ccc([C@@H]2c3[nH]c4ccc(Cl)cc4c3CCN2C(=O)Nc2cccc(C)c2C)cc1. The Morgan fingerprint density at radius 2 is 1.91 bits per heavy atom. The number of carbonyl (C=O) groups excluding carboxylic acids is 1. The summed E-state index contributed by atoms with van der Waals surface area (Å²) in [7, 11) is 1.65. The Kier molecular flexibility index (Phi) is 5.51. The molecule has 168 valence electrons. The van der Waals surface area contributed by atoms with Crippen LogP contribution in [0.3, 0.4) is 0 Å². The van der Waals surface area contributed by atoms with E-state index in [9.17, 15) is 4.79 Å². The highest BCUT2D eigenvalue weighted by Crippen LogP contribution is 2.40. The van der Waals surface area contributed by atoms with Crippen molar-refractivity contribution in [1.29, 1.82) is 0 Å². The number of rotatable bonds is 3. The van der Waals surface area contributed by atoms with Gasteiger partial charge in [-0.15, -0.1) is 0 Å². The molecule has 1 aromatic heterocycles. The Labute approximate surface area is 198 Å². The first-order chi connectivity index (χ1) is 16.0. The van der Waals surface area contributed by atoms with Gasteiger partial charge in [0.05, 0.1) is 13.2 Å². The van der Waals surface area contributed by atoms with Crippen molar-refractivity contribution in [1.82, 2.24) is 9.88 Å². The van der Waals surface area contributed by atoms with Crippen molar-refractivity contribution in [3.05, 3.63) is 93.6 Å². The number of aromatic amines is 1. The monoisotopic (exact) mass is 459 g/mol. The topological polar surface area (TPSA) is 57.4 Å². The Balaban J connectivity index is 1.59. The fourth-order valence-corrected chi connectivity index (χ4v) is 4.86. The summed E-state index contributed by atoms with van der Waals surface area (Å²) in [5, 5.41) is 4.97. The number of aromatic nitrogens is 1. The minimum absolute atomic E-state index is 0.119. The lowest BCUT2D eigenvalue weighted by molar-refractivity contribution is 0.193. The minimum atomic E-state index is -0.254. The molecule has 0 radical (unpaired) electrons. The number of anilines is 1. The van der Waals surface area contributed by atoms with E-state index in [1.807, 2.05) is 79.4 Å². The number of methoxy groups -OCH3 is 1. The van der Waals surface area contributed by atoms with Crippen molar-refractivity contribution in [2.45, 2.75) is 26.3 Å². The van der Waals surface area contributed by atoms with Gasteiger partial charge < -0.3 is 19.9 Å². The number of amides is 2. The van der Waals surface area contributed by atoms with Crippen LogP contribution in [0.2, 0.25) is 5.02 Å². The number of fused-ring (bicyclic) bond motifs is 3. The molecule has 1 aliphatic heterocycles. The van der Waals surface area contributed by atoms with Gasteiger partial charge in [-0.3, -0.25) is 0 Å². The van der Waals surface area contributed by atoms with Gasteiger partial charge in [0.15, 0.2) is 0 Å². The predicted octanol–water partition coefficient (Wildman–Crippen LogP) is 6.63. The molecule has 0 fully saturated rings. The maximum absolute atomic E-state index is 13.6. The lowest BCUT2D eigenvalue weighted by atomic mass is 9.92. The number of ether oxygens (including phenoxy) is 1. The van der Waals surface area contributed by atoms with Gasteiger partial charge >= 0.3 is 6.03 Å². The van der Waals surface area contributed by atoms with E-state index in [-0.39, 0.29) is 12.1 Å². The number of carbonyl (C=O) groups is 1. The van der Waals surface area contributed by atoms with Crippen LogP contribution < -0.4 is 10.1 Å². The summed E-state index contributed by atoms with van der Waals surface area (Å²) in [6, 6.07) is 19.4. The summed E-state index contributed by atoms with van der Waals surface area (Å²) in [6.45, 7) is 4.68. The van der Waals surface area contributed by atoms with Crippen LogP contribution in [-0.4, -0.2) is 29.6 Å². The molecular formula is C27H26ClN3O2. The van der Waals surface area contributed by atoms with Gasteiger partial charge in [-0.1, -0.05) is 35.9 Å². The number of halogens is 1. The third-order valence-electron chi connectivity index (χ3n) is 6.63. The van der Waals surface area contributed by atoms with Crippen molar-refractivity contribution < 1.29 is 9.53 Å². The molecule has 0 saturated heterocycles. The van der Waals surface area contributed by atoms with Crippen LogP contribution in [0.25, 0.3) is 10.9 Å². The summed E-state index contributed by atoms with van der Waals surface area (Å²) in [5.74, 6) is 0.782. The van der Waals surface area contributed by atoms with Crippen molar-refractivity contribution >= 4 is 34.2 Å². The molecule has 2 N–H and O–H groups in total. The van der Waals surface area contributed by atoms with E-state index >= 15 is 0 Å². The van der Waals surface area contributed by atoms with Gasteiger partial charge in [-0.25, -0.2) is 4.79 Å². The zero-order valence-corrected chi connectivity index (χ0v) is 19.7. The van der Waals surface area contributed by atoms with Gasteiger partial charge in [-0.05, 0) is 78.9 Å². The number of hydrogen-bond donors (Lipinski definition) is 2. The minimum Gasteiger partial charge on any atom is -0.497 e. The van der Waals surface area contributed by atoms with Gasteiger partial charge in [0.2, 0.25) is 0 Å². The smallest absolute Gasteiger partial charge is 0.322 e. The largest absolute Gasteiger partial charge is 0.497 e. The Bertz CT molecular complexity index is 1340. The number of hydrogen-bond acceptors (Lipinski definition) is 2. The van der Waals surface area contributed by atoms with Crippen molar-refractivity contribution in [3.63, 3.8) is 0 Å². The third kappa shape index (κ3) is 3.83. The van der Waals surface area contributed by atoms with E-state index in [0.717, 1.165) is 51.1 Å². The van der Waals surface area contributed by atoms with Crippen LogP contribution in [0.15, 0.2) is 60.7 Å². The van der Waals surface area contributed by atoms with E-state index < -0.39 is 0 Å². The molecule has 4 aromatic rings. The second-order valence-electron chi connectivity index (χ2n) is 8.50. The molecule has 3 aromatic carbocycles. The first kappa shape index (κ1) is 21.4. The van der Waals surface area contributed by atoms with E-state index in [4.69, 9.17) is 16.3 Å². The number of urea groups is 1. The Hall–Kier alpha value is -3.44. The quantitative estimate of drug-likeness (QED) is 0.361. The summed E-state index contributed by atoms with van der Waals surface area (Å²) in [4.78, 5) is 19.1. The molecule has 2 heterocycles. The lowest BCUT2D eigenvalue weighted by Gasteiger charge is -2.36. The van der Waals surface area contributed by atoms with Crippen LogP contribution in [0, 0.1) is 13.8 Å². The molecule has 1 atom stereocenters. The first-order valence-corrected chi connectivity index (χ1v) is 11.4. The summed E-state index contributed by atoms with van der Waals surface area (Å²) in [6.07, 6.45) is 0.753. The van der Waals surface area contributed by atoms with Crippen LogP contribution in [-0.2, 0) is 6.42 Å². The maximum atomic E-state index is 13.6. The lowest BCUT2D eigenvalue weighted by Crippen LogP contribution is -2.43. The number of benzene rings is 3. The molecular weight excluding hydrogens is 434 g/mol. The number of H-pyrrole nitrogens is 1. The predicted molar refractivity (Wildman–Crippen MR) is 133 cm³/mol. The molecule has 5 nitrogen and oxygen atoms in total. The number of aryl methyl sites for hydroxylation is 1. The maximum Gasteiger partial charge on any atom is 0.322 e. The molecule has 0 spiro atoms. The first-order valence-electron chi connectivity index (χ1n) is 11.0. The Morgan fingerprint density at radius 1 is 1.12 bits per heavy atom. The molecule has 5 rings (SSSR count). The highest BCUT2D eigenvalue weighted by molar-refractivity contribution is 6.31. The average Bonchev–Trinajstić information content (AvgIpc) is 3.19. The van der Waals surface area contributed by atoms with Crippen LogP contribution in [0.5, 0.6) is 5.75 Å². The molecule has 0 aliphatic carbocycles. The second-order valence-corrected chi connectivity index (χ2v) is 8.94. The van der Waals surface area contributed by atoms with E-state index in [1.165, 1.54) is 5.56 Å². The van der Waals surface area contributed by atoms with Gasteiger partial charge in [0.25, 0.3) is 0 Å². The molecule has 2 amide bonds. The van der Waals surface area contributed by atoms with Crippen molar-refractivity contribution in [2.24, 2.45) is 0 Å². The second kappa shape index (κ2) is 8.49. The van der Waals surface area contributed by atoms with Gasteiger partial charge in [0, 0.05) is 33.9 Å². The number of nitrogens with zero attached hydrogens (tertiary/aromatic N) is 1. The van der Waals surface area contributed by atoms with Crippen molar-refractivity contribution in [2.75, 3.05) is 19.0 Å². The van der Waals surface area contributed by atoms with Crippen molar-refractivity contribution in [3.8, 4) is 5.75 Å². The van der Waals surface area contributed by atoms with Gasteiger partial charge in [-0.2, -0.15) is 0 Å².